The Bertz CT molecular complexity index is 322. The van der Waals surface area contributed by atoms with Crippen molar-refractivity contribution >= 4 is 11.6 Å². The van der Waals surface area contributed by atoms with Gasteiger partial charge in [-0.2, -0.15) is 0 Å². The molecule has 0 saturated carbocycles. The summed E-state index contributed by atoms with van der Waals surface area (Å²) in [6.07, 6.45) is 0.722. The number of aryl methyl sites for hydroxylation is 1. The number of carbonyl (C=O) groups is 2. The predicted octanol–water partition coefficient (Wildman–Crippen LogP) is 4.21. The van der Waals surface area contributed by atoms with Crippen molar-refractivity contribution in [3.63, 3.8) is 0 Å². The molecule has 0 bridgehead atoms. The smallest absolute Gasteiger partial charge is 0.130 e. The monoisotopic (exact) mass is 250 g/mol. The summed E-state index contributed by atoms with van der Waals surface area (Å²) in [6.45, 7) is 10.8. The van der Waals surface area contributed by atoms with Gasteiger partial charge in [-0.05, 0) is 33.6 Å². The van der Waals surface area contributed by atoms with Gasteiger partial charge in [0.05, 0.1) is 0 Å². The van der Waals surface area contributed by atoms with E-state index in [4.69, 9.17) is 0 Å². The Hall–Kier alpha value is -1.44. The number of Topliss-reactive ketones (excluding diaryl/α,β-unsaturated/α-hetero) is 2. The second-order valence-corrected chi connectivity index (χ2v) is 4.86. The van der Waals surface area contributed by atoms with Gasteiger partial charge in [-0.1, -0.05) is 49.7 Å². The van der Waals surface area contributed by atoms with E-state index in [0.29, 0.717) is 5.92 Å². The van der Waals surface area contributed by atoms with Gasteiger partial charge in [-0.3, -0.25) is 0 Å². The van der Waals surface area contributed by atoms with Gasteiger partial charge in [-0.15, -0.1) is 0 Å². The first-order chi connectivity index (χ1) is 8.25. The summed E-state index contributed by atoms with van der Waals surface area (Å²) >= 11 is 0. The lowest BCUT2D eigenvalue weighted by Crippen LogP contribution is -1.95. The standard InChI is InChI=1S/C7H8.C6H12O.C3H6O/c1-7-5-3-2-4-6-7;1-5(2)4-6(3)7;1-3(2)4/h2-6H,1H3;5H,4H2,1-3H3;1-2H3. The van der Waals surface area contributed by atoms with E-state index < -0.39 is 0 Å². The van der Waals surface area contributed by atoms with Crippen molar-refractivity contribution < 1.29 is 9.59 Å². The van der Waals surface area contributed by atoms with Crippen LogP contribution in [0, 0.1) is 12.8 Å². The molecule has 0 spiro atoms. The molecule has 0 radical (unpaired) electrons. The zero-order valence-electron chi connectivity index (χ0n) is 12.5. The van der Waals surface area contributed by atoms with Crippen molar-refractivity contribution in [2.75, 3.05) is 0 Å². The molecule has 0 N–H and O–H groups in total. The van der Waals surface area contributed by atoms with E-state index in [1.807, 2.05) is 32.0 Å². The Morgan fingerprint density at radius 1 is 1.00 bits per heavy atom. The third-order valence-corrected chi connectivity index (χ3v) is 1.64. The van der Waals surface area contributed by atoms with E-state index in [0.717, 1.165) is 6.42 Å². The van der Waals surface area contributed by atoms with E-state index >= 15 is 0 Å². The molecule has 102 valence electrons. The van der Waals surface area contributed by atoms with Crippen molar-refractivity contribution in [3.05, 3.63) is 35.9 Å². The first-order valence-corrected chi connectivity index (χ1v) is 6.24. The average molecular weight is 250 g/mol. The van der Waals surface area contributed by atoms with Crippen LogP contribution >= 0.6 is 0 Å². The number of ketones is 2. The van der Waals surface area contributed by atoms with Crippen molar-refractivity contribution in [3.8, 4) is 0 Å². The van der Waals surface area contributed by atoms with Crippen molar-refractivity contribution in [2.24, 2.45) is 5.92 Å². The van der Waals surface area contributed by atoms with Crippen LogP contribution in [0.3, 0.4) is 0 Å². The summed E-state index contributed by atoms with van der Waals surface area (Å²) in [5.74, 6) is 0.979. The summed E-state index contributed by atoms with van der Waals surface area (Å²) in [5.41, 5.74) is 1.32. The van der Waals surface area contributed by atoms with Crippen LogP contribution in [0.4, 0.5) is 0 Å². The molecule has 2 nitrogen and oxygen atoms in total. The van der Waals surface area contributed by atoms with Crippen molar-refractivity contribution in [1.82, 2.24) is 0 Å². The fourth-order valence-electron chi connectivity index (χ4n) is 1.11. The van der Waals surface area contributed by atoms with Gasteiger partial charge < -0.3 is 9.59 Å². The number of rotatable bonds is 2. The Kier molecular flexibility index (Phi) is 12.6. The zero-order valence-corrected chi connectivity index (χ0v) is 12.5. The molecule has 0 unspecified atom stereocenters. The molecule has 0 heterocycles. The molecule has 1 aromatic rings. The molecule has 0 aliphatic carbocycles. The lowest BCUT2D eigenvalue weighted by molar-refractivity contribution is -0.117. The summed E-state index contributed by atoms with van der Waals surface area (Å²) in [6, 6.07) is 10.3. The maximum absolute atomic E-state index is 10.3. The quantitative estimate of drug-likeness (QED) is 0.788. The highest BCUT2D eigenvalue weighted by Crippen LogP contribution is 1.97. The highest BCUT2D eigenvalue weighted by Gasteiger charge is 1.95. The van der Waals surface area contributed by atoms with Gasteiger partial charge in [0.25, 0.3) is 0 Å². The minimum atomic E-state index is 0.167. The Morgan fingerprint density at radius 2 is 1.39 bits per heavy atom. The Morgan fingerprint density at radius 3 is 1.50 bits per heavy atom. The summed E-state index contributed by atoms with van der Waals surface area (Å²) < 4.78 is 0. The Balaban J connectivity index is 0. The number of hydrogen-bond acceptors (Lipinski definition) is 2. The minimum absolute atomic E-state index is 0.167. The molecular weight excluding hydrogens is 224 g/mol. The van der Waals surface area contributed by atoms with E-state index in [9.17, 15) is 9.59 Å². The topological polar surface area (TPSA) is 34.1 Å². The molecule has 0 amide bonds. The molecule has 0 fully saturated rings. The fourth-order valence-corrected chi connectivity index (χ4v) is 1.11. The molecule has 0 aromatic heterocycles. The van der Waals surface area contributed by atoms with E-state index in [1.165, 1.54) is 19.4 Å². The lowest BCUT2D eigenvalue weighted by Gasteiger charge is -1.95. The van der Waals surface area contributed by atoms with E-state index in [2.05, 4.69) is 19.1 Å². The maximum Gasteiger partial charge on any atom is 0.130 e. The molecule has 0 atom stereocenters. The van der Waals surface area contributed by atoms with Gasteiger partial charge >= 0.3 is 0 Å². The van der Waals surface area contributed by atoms with Crippen LogP contribution in [0.5, 0.6) is 0 Å². The normalized spacial score (nSPS) is 8.61. The highest BCUT2D eigenvalue weighted by atomic mass is 16.1. The van der Waals surface area contributed by atoms with Gasteiger partial charge in [0.1, 0.15) is 11.6 Å². The van der Waals surface area contributed by atoms with Crippen LogP contribution in [0.25, 0.3) is 0 Å². The summed E-state index contributed by atoms with van der Waals surface area (Å²) in [7, 11) is 0. The van der Waals surface area contributed by atoms with Crippen molar-refractivity contribution in [1.29, 1.82) is 0 Å². The van der Waals surface area contributed by atoms with E-state index in [1.54, 1.807) is 6.92 Å². The first-order valence-electron chi connectivity index (χ1n) is 6.24. The molecule has 0 saturated heterocycles. The summed E-state index contributed by atoms with van der Waals surface area (Å²) in [5, 5.41) is 0. The molecule has 2 heteroatoms. The third kappa shape index (κ3) is 24.0. The maximum atomic E-state index is 10.3. The average Bonchev–Trinajstić information content (AvgIpc) is 2.16. The highest BCUT2D eigenvalue weighted by molar-refractivity contribution is 5.75. The molecular formula is C16H26O2. The largest absolute Gasteiger partial charge is 0.300 e. The summed E-state index contributed by atoms with van der Waals surface area (Å²) in [4.78, 5) is 19.7. The fraction of sp³-hybridized carbons (Fsp3) is 0.500. The number of hydrogen-bond donors (Lipinski definition) is 0. The van der Waals surface area contributed by atoms with Crippen LogP contribution in [0.2, 0.25) is 0 Å². The minimum Gasteiger partial charge on any atom is -0.300 e. The van der Waals surface area contributed by atoms with E-state index in [-0.39, 0.29) is 11.6 Å². The second kappa shape index (κ2) is 12.0. The molecule has 1 aromatic carbocycles. The van der Waals surface area contributed by atoms with Crippen LogP contribution in [-0.4, -0.2) is 11.6 Å². The lowest BCUT2D eigenvalue weighted by atomic mass is 10.1. The SMILES string of the molecule is CC(=O)CC(C)C.CC(C)=O.Cc1ccccc1. The van der Waals surface area contributed by atoms with Crippen molar-refractivity contribution in [2.45, 2.75) is 48.0 Å². The number of benzene rings is 1. The zero-order chi connectivity index (χ0) is 14.6. The molecule has 0 aliphatic heterocycles. The van der Waals surface area contributed by atoms with Gasteiger partial charge in [0, 0.05) is 6.42 Å². The Labute approximate surface area is 111 Å². The van der Waals surface area contributed by atoms with Crippen LogP contribution in [0.15, 0.2) is 30.3 Å². The number of carbonyl (C=O) groups excluding carboxylic acids is 2. The molecule has 0 aliphatic rings. The van der Waals surface area contributed by atoms with Gasteiger partial charge in [0.15, 0.2) is 0 Å². The van der Waals surface area contributed by atoms with Crippen LogP contribution in [0.1, 0.15) is 46.6 Å². The first kappa shape index (κ1) is 18.9. The van der Waals surface area contributed by atoms with Gasteiger partial charge in [-0.25, -0.2) is 0 Å². The van der Waals surface area contributed by atoms with Gasteiger partial charge in [0.2, 0.25) is 0 Å². The van der Waals surface area contributed by atoms with Crippen LogP contribution in [-0.2, 0) is 9.59 Å². The predicted molar refractivity (Wildman–Crippen MR) is 77.7 cm³/mol. The van der Waals surface area contributed by atoms with Crippen LogP contribution < -0.4 is 0 Å². The third-order valence-electron chi connectivity index (χ3n) is 1.64. The molecule has 1 rings (SSSR count). The molecule has 18 heavy (non-hydrogen) atoms. The second-order valence-electron chi connectivity index (χ2n) is 4.86.